The number of fused-ring (bicyclic) bond motifs is 3. The van der Waals surface area contributed by atoms with E-state index in [0.717, 1.165) is 5.56 Å². The van der Waals surface area contributed by atoms with Gasteiger partial charge in [-0.2, -0.15) is 0 Å². The number of thioether (sulfide) groups is 1. The molecule has 1 N–H and O–H groups in total. The molecule has 142 valence electrons. The van der Waals surface area contributed by atoms with Crippen LogP contribution in [0.1, 0.15) is 5.56 Å². The molecule has 9 heteroatoms. The lowest BCUT2D eigenvalue weighted by Gasteiger charge is -2.08. The molecule has 0 bridgehead atoms. The standard InChI is InChI=1S/C19H16ClN5O2S/c1-24-17(27)14-7-2-3-8-15(14)25-18(24)22-23-19(25)28-11-16(26)21-10-12-5-4-6-13(20)9-12/h2-9H,10-11H2,1H3,(H,21,26). The average molecular weight is 414 g/mol. The number of nitrogens with zero attached hydrogens (tertiary/aromatic N) is 4. The molecule has 4 aromatic rings. The van der Waals surface area contributed by atoms with Gasteiger partial charge in [-0.15, -0.1) is 10.2 Å². The number of carbonyl (C=O) groups excluding carboxylic acids is 1. The van der Waals surface area contributed by atoms with Crippen molar-refractivity contribution in [3.8, 4) is 0 Å². The zero-order valence-corrected chi connectivity index (χ0v) is 16.5. The van der Waals surface area contributed by atoms with Gasteiger partial charge in [0.05, 0.1) is 16.7 Å². The van der Waals surface area contributed by atoms with Gasteiger partial charge in [0.1, 0.15) is 0 Å². The van der Waals surface area contributed by atoms with Crippen molar-refractivity contribution in [3.63, 3.8) is 0 Å². The van der Waals surface area contributed by atoms with Crippen molar-refractivity contribution in [2.24, 2.45) is 7.05 Å². The third-order valence-corrected chi connectivity index (χ3v) is 5.47. The predicted octanol–water partition coefficient (Wildman–Crippen LogP) is 2.64. The highest BCUT2D eigenvalue weighted by molar-refractivity contribution is 7.99. The molecule has 0 fully saturated rings. The summed E-state index contributed by atoms with van der Waals surface area (Å²) in [6.45, 7) is 0.401. The molecule has 2 aromatic heterocycles. The van der Waals surface area contributed by atoms with E-state index in [0.29, 0.717) is 33.4 Å². The first-order valence-corrected chi connectivity index (χ1v) is 9.88. The van der Waals surface area contributed by atoms with Crippen molar-refractivity contribution in [1.82, 2.24) is 24.5 Å². The molecule has 0 aliphatic rings. The fourth-order valence-corrected chi connectivity index (χ4v) is 3.92. The molecule has 1 amide bonds. The largest absolute Gasteiger partial charge is 0.351 e. The molecule has 28 heavy (non-hydrogen) atoms. The van der Waals surface area contributed by atoms with E-state index in [2.05, 4.69) is 15.5 Å². The van der Waals surface area contributed by atoms with Crippen LogP contribution in [0.15, 0.2) is 58.5 Å². The van der Waals surface area contributed by atoms with Crippen molar-refractivity contribution >= 4 is 46.0 Å². The van der Waals surface area contributed by atoms with Crippen LogP contribution in [-0.2, 0) is 18.4 Å². The molecule has 2 heterocycles. The summed E-state index contributed by atoms with van der Waals surface area (Å²) in [6.07, 6.45) is 0. The maximum atomic E-state index is 12.5. The quantitative estimate of drug-likeness (QED) is 0.509. The third-order valence-electron chi connectivity index (χ3n) is 4.31. The van der Waals surface area contributed by atoms with Crippen molar-refractivity contribution in [3.05, 3.63) is 69.5 Å². The van der Waals surface area contributed by atoms with Crippen LogP contribution in [0.2, 0.25) is 5.02 Å². The minimum absolute atomic E-state index is 0.129. The number of carbonyl (C=O) groups is 1. The lowest BCUT2D eigenvalue weighted by Crippen LogP contribution is -2.24. The zero-order chi connectivity index (χ0) is 19.7. The molecular formula is C19H16ClN5O2S. The Morgan fingerprint density at radius 2 is 2.00 bits per heavy atom. The lowest BCUT2D eigenvalue weighted by atomic mass is 10.2. The van der Waals surface area contributed by atoms with E-state index < -0.39 is 0 Å². The van der Waals surface area contributed by atoms with Gasteiger partial charge in [0.15, 0.2) is 5.16 Å². The van der Waals surface area contributed by atoms with E-state index in [1.54, 1.807) is 23.6 Å². The van der Waals surface area contributed by atoms with Gasteiger partial charge >= 0.3 is 0 Å². The summed E-state index contributed by atoms with van der Waals surface area (Å²) in [4.78, 5) is 24.7. The number of benzene rings is 2. The number of nitrogens with one attached hydrogen (secondary N) is 1. The number of rotatable bonds is 5. The van der Waals surface area contributed by atoms with E-state index in [1.807, 2.05) is 36.4 Å². The summed E-state index contributed by atoms with van der Waals surface area (Å²) < 4.78 is 3.25. The smallest absolute Gasteiger partial charge is 0.262 e. The Balaban J connectivity index is 1.54. The normalized spacial score (nSPS) is 11.2. The first-order valence-electron chi connectivity index (χ1n) is 8.51. The summed E-state index contributed by atoms with van der Waals surface area (Å²) in [5.41, 5.74) is 1.51. The first-order chi connectivity index (χ1) is 13.5. The second-order valence-electron chi connectivity index (χ2n) is 6.19. The molecule has 0 unspecified atom stereocenters. The molecule has 4 rings (SSSR count). The number of hydrogen-bond acceptors (Lipinski definition) is 5. The summed E-state index contributed by atoms with van der Waals surface area (Å²) in [5.74, 6) is 0.486. The van der Waals surface area contributed by atoms with Crippen molar-refractivity contribution in [2.45, 2.75) is 11.7 Å². The lowest BCUT2D eigenvalue weighted by molar-refractivity contribution is -0.118. The molecule has 0 saturated heterocycles. The maximum Gasteiger partial charge on any atom is 0.262 e. The van der Waals surface area contributed by atoms with Crippen LogP contribution in [-0.4, -0.2) is 30.8 Å². The van der Waals surface area contributed by atoms with Gasteiger partial charge in [-0.1, -0.05) is 47.6 Å². The number of para-hydroxylation sites is 1. The first kappa shape index (κ1) is 18.5. The van der Waals surface area contributed by atoms with Crippen LogP contribution in [0.25, 0.3) is 16.7 Å². The Bertz CT molecular complexity index is 1250. The van der Waals surface area contributed by atoms with Gasteiger partial charge in [0.25, 0.3) is 5.56 Å². The van der Waals surface area contributed by atoms with Crippen LogP contribution in [0.3, 0.4) is 0 Å². The Morgan fingerprint density at radius 3 is 2.82 bits per heavy atom. The zero-order valence-electron chi connectivity index (χ0n) is 14.9. The number of aryl methyl sites for hydroxylation is 1. The van der Waals surface area contributed by atoms with E-state index >= 15 is 0 Å². The highest BCUT2D eigenvalue weighted by Crippen LogP contribution is 2.21. The van der Waals surface area contributed by atoms with Crippen LogP contribution in [0.5, 0.6) is 0 Å². The fraction of sp³-hybridized carbons (Fsp3) is 0.158. The number of hydrogen-bond donors (Lipinski definition) is 1. The summed E-state index contributed by atoms with van der Waals surface area (Å²) >= 11 is 7.23. The second kappa shape index (κ2) is 7.65. The summed E-state index contributed by atoms with van der Waals surface area (Å²) in [5, 5.41) is 12.9. The monoisotopic (exact) mass is 413 g/mol. The van der Waals surface area contributed by atoms with Crippen LogP contribution >= 0.6 is 23.4 Å². The third kappa shape index (κ3) is 3.48. The van der Waals surface area contributed by atoms with Crippen LogP contribution < -0.4 is 10.9 Å². The van der Waals surface area contributed by atoms with Gasteiger partial charge in [-0.05, 0) is 29.8 Å². The Labute approximate surface area is 169 Å². The number of aromatic nitrogens is 4. The maximum absolute atomic E-state index is 12.5. The molecule has 0 radical (unpaired) electrons. The fourth-order valence-electron chi connectivity index (χ4n) is 2.93. The van der Waals surface area contributed by atoms with Gasteiger partial charge in [-0.3, -0.25) is 18.6 Å². The SMILES string of the molecule is Cn1c(=O)c2ccccc2n2c(SCC(=O)NCc3cccc(Cl)c3)nnc12. The van der Waals surface area contributed by atoms with Crippen LogP contribution in [0.4, 0.5) is 0 Å². The highest BCUT2D eigenvalue weighted by atomic mass is 35.5. The highest BCUT2D eigenvalue weighted by Gasteiger charge is 2.15. The molecular weight excluding hydrogens is 398 g/mol. The number of amides is 1. The predicted molar refractivity (Wildman–Crippen MR) is 110 cm³/mol. The Morgan fingerprint density at radius 1 is 1.18 bits per heavy atom. The van der Waals surface area contributed by atoms with E-state index in [9.17, 15) is 9.59 Å². The molecule has 0 aliphatic carbocycles. The average Bonchev–Trinajstić information content (AvgIpc) is 3.13. The van der Waals surface area contributed by atoms with Crippen LogP contribution in [0, 0.1) is 0 Å². The van der Waals surface area contributed by atoms with Gasteiger partial charge in [0, 0.05) is 18.6 Å². The van der Waals surface area contributed by atoms with Crippen molar-refractivity contribution in [2.75, 3.05) is 5.75 Å². The van der Waals surface area contributed by atoms with Gasteiger partial charge < -0.3 is 5.32 Å². The molecule has 0 saturated carbocycles. The van der Waals surface area contributed by atoms with Gasteiger partial charge in [0.2, 0.25) is 11.7 Å². The number of halogens is 1. The summed E-state index contributed by atoms with van der Waals surface area (Å²) in [7, 11) is 1.66. The Hall–Kier alpha value is -2.84. The molecule has 7 nitrogen and oxygen atoms in total. The molecule has 0 spiro atoms. The van der Waals surface area contributed by atoms with Crippen molar-refractivity contribution in [1.29, 1.82) is 0 Å². The topological polar surface area (TPSA) is 81.3 Å². The molecule has 0 atom stereocenters. The van der Waals surface area contributed by atoms with E-state index in [4.69, 9.17) is 11.6 Å². The van der Waals surface area contributed by atoms with Crippen molar-refractivity contribution < 1.29 is 4.79 Å². The minimum Gasteiger partial charge on any atom is -0.351 e. The Kier molecular flexibility index (Phi) is 5.06. The second-order valence-corrected chi connectivity index (χ2v) is 7.57. The van der Waals surface area contributed by atoms with E-state index in [-0.39, 0.29) is 17.2 Å². The molecule has 2 aromatic carbocycles. The molecule has 0 aliphatic heterocycles. The van der Waals surface area contributed by atoms with E-state index in [1.165, 1.54) is 16.3 Å². The summed E-state index contributed by atoms with van der Waals surface area (Å²) in [6, 6.07) is 14.6. The van der Waals surface area contributed by atoms with Gasteiger partial charge in [-0.25, -0.2) is 0 Å². The minimum atomic E-state index is -0.133.